The minimum Gasteiger partial charge on any atom is -0.372 e. The minimum absolute atomic E-state index is 0.996. The molecule has 1 nitrogen and oxygen atoms in total. The van der Waals surface area contributed by atoms with Crippen molar-refractivity contribution >= 4 is 18.3 Å². The van der Waals surface area contributed by atoms with Crippen molar-refractivity contribution in [3.8, 4) is 0 Å². The highest BCUT2D eigenvalue weighted by Crippen LogP contribution is 2.15. The molecule has 0 fully saturated rings. The predicted octanol–water partition coefficient (Wildman–Crippen LogP) is 4.00. The van der Waals surface area contributed by atoms with E-state index in [2.05, 4.69) is 54.8 Å². The first-order valence-electron chi connectivity index (χ1n) is 6.29. The number of hydrogen-bond acceptors (Lipinski definition) is 2. The van der Waals surface area contributed by atoms with Crippen LogP contribution in [0.5, 0.6) is 0 Å². The van der Waals surface area contributed by atoms with Gasteiger partial charge in [0.2, 0.25) is 0 Å². The summed E-state index contributed by atoms with van der Waals surface area (Å²) in [4.78, 5) is 2.49. The molecule has 16 heavy (non-hydrogen) atoms. The molecule has 1 aromatic carbocycles. The van der Waals surface area contributed by atoms with Crippen LogP contribution in [0.2, 0.25) is 0 Å². The monoisotopic (exact) mass is 237 g/mol. The lowest BCUT2D eigenvalue weighted by atomic mass is 10.2. The number of thiol groups is 1. The Morgan fingerprint density at radius 1 is 1.00 bits per heavy atom. The van der Waals surface area contributed by atoms with Gasteiger partial charge in [-0.05, 0) is 37.1 Å². The van der Waals surface area contributed by atoms with Crippen LogP contribution in [-0.2, 0) is 0 Å². The van der Waals surface area contributed by atoms with Crippen LogP contribution in [0.1, 0.15) is 32.6 Å². The maximum absolute atomic E-state index is 4.26. The average molecular weight is 237 g/mol. The third kappa shape index (κ3) is 4.93. The van der Waals surface area contributed by atoms with Crippen molar-refractivity contribution in [3.63, 3.8) is 0 Å². The van der Waals surface area contributed by atoms with Gasteiger partial charge < -0.3 is 4.90 Å². The van der Waals surface area contributed by atoms with Crippen LogP contribution in [0.15, 0.2) is 30.3 Å². The Labute approximate surface area is 105 Å². The molecule has 0 heterocycles. The van der Waals surface area contributed by atoms with E-state index in [-0.39, 0.29) is 0 Å². The number of nitrogens with zero attached hydrogens (tertiary/aromatic N) is 1. The number of para-hydroxylation sites is 1. The lowest BCUT2D eigenvalue weighted by Crippen LogP contribution is -2.25. The molecule has 0 spiro atoms. The van der Waals surface area contributed by atoms with Crippen LogP contribution in [0.4, 0.5) is 5.69 Å². The summed E-state index contributed by atoms with van der Waals surface area (Å²) in [7, 11) is 0. The van der Waals surface area contributed by atoms with Crippen LogP contribution in [-0.4, -0.2) is 18.8 Å². The van der Waals surface area contributed by atoms with E-state index in [1.54, 1.807) is 0 Å². The van der Waals surface area contributed by atoms with Gasteiger partial charge in [-0.15, -0.1) is 0 Å². The molecule has 0 saturated carbocycles. The van der Waals surface area contributed by atoms with Gasteiger partial charge in [-0.1, -0.05) is 31.5 Å². The standard InChI is InChI=1S/C14H23NS/c1-2-3-11-15(12-7-8-13-16)14-9-5-4-6-10-14/h4-6,9-10,16H,2-3,7-8,11-13H2,1H3. The summed E-state index contributed by atoms with van der Waals surface area (Å²) in [6.07, 6.45) is 4.98. The molecule has 0 amide bonds. The van der Waals surface area contributed by atoms with E-state index in [9.17, 15) is 0 Å². The smallest absolute Gasteiger partial charge is 0.0366 e. The Bertz CT molecular complexity index is 261. The summed E-state index contributed by atoms with van der Waals surface area (Å²) in [6, 6.07) is 10.7. The lowest BCUT2D eigenvalue weighted by molar-refractivity contribution is 0.680. The zero-order valence-electron chi connectivity index (χ0n) is 10.2. The first kappa shape index (κ1) is 13.4. The molecular weight excluding hydrogens is 214 g/mol. The SMILES string of the molecule is CCCCN(CCCCS)c1ccccc1. The van der Waals surface area contributed by atoms with E-state index in [0.29, 0.717) is 0 Å². The van der Waals surface area contributed by atoms with E-state index in [1.807, 2.05) is 0 Å². The van der Waals surface area contributed by atoms with Gasteiger partial charge in [0, 0.05) is 18.8 Å². The predicted molar refractivity (Wildman–Crippen MR) is 76.7 cm³/mol. The number of unbranched alkanes of at least 4 members (excludes halogenated alkanes) is 2. The summed E-state index contributed by atoms with van der Waals surface area (Å²) in [5, 5.41) is 0. The Morgan fingerprint density at radius 3 is 2.31 bits per heavy atom. The normalized spacial score (nSPS) is 10.4. The second kappa shape index (κ2) is 8.51. The van der Waals surface area contributed by atoms with E-state index >= 15 is 0 Å². The first-order valence-corrected chi connectivity index (χ1v) is 6.92. The fraction of sp³-hybridized carbons (Fsp3) is 0.571. The highest BCUT2D eigenvalue weighted by atomic mass is 32.1. The first-order chi connectivity index (χ1) is 7.88. The zero-order valence-corrected chi connectivity index (χ0v) is 11.1. The van der Waals surface area contributed by atoms with Crippen molar-refractivity contribution in [3.05, 3.63) is 30.3 Å². The average Bonchev–Trinajstić information content (AvgIpc) is 2.35. The van der Waals surface area contributed by atoms with Crippen LogP contribution < -0.4 is 4.90 Å². The maximum atomic E-state index is 4.26. The van der Waals surface area contributed by atoms with E-state index in [0.717, 1.165) is 12.3 Å². The Morgan fingerprint density at radius 2 is 1.69 bits per heavy atom. The highest BCUT2D eigenvalue weighted by Gasteiger charge is 2.04. The Balaban J connectivity index is 2.49. The minimum atomic E-state index is 0.996. The number of hydrogen-bond donors (Lipinski definition) is 1. The van der Waals surface area contributed by atoms with E-state index < -0.39 is 0 Å². The van der Waals surface area contributed by atoms with Crippen LogP contribution in [0.3, 0.4) is 0 Å². The van der Waals surface area contributed by atoms with Crippen molar-refractivity contribution in [2.75, 3.05) is 23.7 Å². The molecular formula is C14H23NS. The molecule has 0 bridgehead atoms. The second-order valence-electron chi connectivity index (χ2n) is 4.11. The van der Waals surface area contributed by atoms with Crippen molar-refractivity contribution in [1.82, 2.24) is 0 Å². The molecule has 1 rings (SSSR count). The van der Waals surface area contributed by atoms with Gasteiger partial charge in [-0.3, -0.25) is 0 Å². The molecule has 0 saturated heterocycles. The van der Waals surface area contributed by atoms with Gasteiger partial charge in [-0.25, -0.2) is 0 Å². The topological polar surface area (TPSA) is 3.24 Å². The van der Waals surface area contributed by atoms with Gasteiger partial charge in [0.15, 0.2) is 0 Å². The molecule has 0 aliphatic heterocycles. The Kier molecular flexibility index (Phi) is 7.15. The summed E-state index contributed by atoms with van der Waals surface area (Å²) in [5.41, 5.74) is 1.36. The van der Waals surface area contributed by atoms with Crippen LogP contribution in [0, 0.1) is 0 Å². The summed E-state index contributed by atoms with van der Waals surface area (Å²) in [6.45, 7) is 4.58. The van der Waals surface area contributed by atoms with Crippen molar-refractivity contribution in [2.45, 2.75) is 32.6 Å². The summed E-state index contributed by atoms with van der Waals surface area (Å²) >= 11 is 4.26. The van der Waals surface area contributed by atoms with Gasteiger partial charge in [0.25, 0.3) is 0 Å². The number of anilines is 1. The van der Waals surface area contributed by atoms with Gasteiger partial charge >= 0.3 is 0 Å². The second-order valence-corrected chi connectivity index (χ2v) is 4.55. The van der Waals surface area contributed by atoms with E-state index in [4.69, 9.17) is 0 Å². The highest BCUT2D eigenvalue weighted by molar-refractivity contribution is 7.80. The van der Waals surface area contributed by atoms with Crippen molar-refractivity contribution in [2.24, 2.45) is 0 Å². The molecule has 1 aromatic rings. The van der Waals surface area contributed by atoms with Gasteiger partial charge in [0.1, 0.15) is 0 Å². The molecule has 2 heteroatoms. The van der Waals surface area contributed by atoms with Crippen molar-refractivity contribution < 1.29 is 0 Å². The molecule has 0 radical (unpaired) electrons. The fourth-order valence-corrected chi connectivity index (χ4v) is 2.00. The van der Waals surface area contributed by atoms with Crippen LogP contribution >= 0.6 is 12.6 Å². The zero-order chi connectivity index (χ0) is 11.6. The number of benzene rings is 1. The molecule has 0 unspecified atom stereocenters. The molecule has 90 valence electrons. The fourth-order valence-electron chi connectivity index (χ4n) is 1.77. The van der Waals surface area contributed by atoms with Crippen molar-refractivity contribution in [1.29, 1.82) is 0 Å². The third-order valence-electron chi connectivity index (χ3n) is 2.74. The van der Waals surface area contributed by atoms with E-state index in [1.165, 1.54) is 37.9 Å². The quantitative estimate of drug-likeness (QED) is 0.528. The molecule has 0 atom stereocenters. The van der Waals surface area contributed by atoms with Gasteiger partial charge in [-0.2, -0.15) is 12.6 Å². The third-order valence-corrected chi connectivity index (χ3v) is 3.06. The summed E-state index contributed by atoms with van der Waals surface area (Å²) in [5.74, 6) is 0.996. The summed E-state index contributed by atoms with van der Waals surface area (Å²) < 4.78 is 0. The molecule has 0 aliphatic rings. The van der Waals surface area contributed by atoms with Crippen LogP contribution in [0.25, 0.3) is 0 Å². The largest absolute Gasteiger partial charge is 0.372 e. The Hall–Kier alpha value is -0.630. The lowest BCUT2D eigenvalue weighted by Gasteiger charge is -2.24. The molecule has 0 N–H and O–H groups in total. The molecule has 0 aromatic heterocycles. The molecule has 0 aliphatic carbocycles. The maximum Gasteiger partial charge on any atom is 0.0366 e. The number of rotatable bonds is 8. The van der Waals surface area contributed by atoms with Gasteiger partial charge in [0.05, 0.1) is 0 Å².